The second-order valence-electron chi connectivity index (χ2n) is 7.81. The Morgan fingerprint density at radius 2 is 1.50 bits per heavy atom. The Labute approximate surface area is 198 Å². The van der Waals surface area contributed by atoms with Crippen molar-refractivity contribution in [1.29, 1.82) is 0 Å². The van der Waals surface area contributed by atoms with E-state index < -0.39 is 28.1 Å². The summed E-state index contributed by atoms with van der Waals surface area (Å²) in [5.41, 5.74) is 1.18. The molecule has 1 atom stereocenters. The molecule has 3 aromatic carbocycles. The first-order valence-corrected chi connectivity index (χ1v) is 12.4. The lowest BCUT2D eigenvalue weighted by Crippen LogP contribution is -2.54. The van der Waals surface area contributed by atoms with Crippen molar-refractivity contribution in [2.75, 3.05) is 11.6 Å². The number of likely N-dealkylation sites (tertiary alicyclic amines) is 1. The molecule has 1 fully saturated rings. The van der Waals surface area contributed by atoms with Crippen LogP contribution in [0.3, 0.4) is 0 Å². The normalized spacial score (nSPS) is 15.6. The topological polar surface area (TPSA) is 96.0 Å². The molecule has 0 saturated carbocycles. The van der Waals surface area contributed by atoms with Gasteiger partial charge >= 0.3 is 6.09 Å². The number of nitrogens with one attached hydrogen (secondary N) is 1. The van der Waals surface area contributed by atoms with E-state index >= 15 is 0 Å². The number of benzene rings is 3. The fourth-order valence-corrected chi connectivity index (χ4v) is 4.82. The van der Waals surface area contributed by atoms with Crippen LogP contribution in [0, 0.1) is 0 Å². The first-order chi connectivity index (χ1) is 16.5. The summed E-state index contributed by atoms with van der Waals surface area (Å²) in [4.78, 5) is 30.2. The van der Waals surface area contributed by atoms with Crippen molar-refractivity contribution in [2.24, 2.45) is 0 Å². The first-order valence-electron chi connectivity index (χ1n) is 10.9. The van der Waals surface area contributed by atoms with Crippen LogP contribution in [0.25, 0.3) is 0 Å². The average molecular weight is 480 g/mol. The van der Waals surface area contributed by atoms with Crippen LogP contribution in [-0.2, 0) is 26.2 Å². The standard InChI is InChI=1S/C25H25N3O5S/c29-24(23-17-10-18-27(23)25(30)33-19-20-11-4-1-5-12-20)28(21-13-6-2-7-14-21)26-34(31,32)22-15-8-3-9-16-22/h1-9,11-16,23,26H,10,17-19H2. The number of ether oxygens (including phenoxy) is 1. The van der Waals surface area contributed by atoms with E-state index in [1.54, 1.807) is 48.5 Å². The van der Waals surface area contributed by atoms with Crippen LogP contribution in [0.4, 0.5) is 10.5 Å². The van der Waals surface area contributed by atoms with Gasteiger partial charge in [0.1, 0.15) is 12.6 Å². The number of sulfonamides is 1. The second kappa shape index (κ2) is 10.5. The Balaban J connectivity index is 1.55. The van der Waals surface area contributed by atoms with Crippen molar-refractivity contribution in [3.8, 4) is 0 Å². The smallest absolute Gasteiger partial charge is 0.410 e. The largest absolute Gasteiger partial charge is 0.445 e. The van der Waals surface area contributed by atoms with Gasteiger partial charge in [0.05, 0.1) is 10.6 Å². The molecule has 3 aromatic rings. The van der Waals surface area contributed by atoms with Crippen LogP contribution in [0.1, 0.15) is 18.4 Å². The highest BCUT2D eigenvalue weighted by Crippen LogP contribution is 2.24. The van der Waals surface area contributed by atoms with Crippen molar-refractivity contribution in [2.45, 2.75) is 30.4 Å². The van der Waals surface area contributed by atoms with Crippen LogP contribution < -0.4 is 9.84 Å². The number of rotatable bonds is 7. The molecule has 1 N–H and O–H groups in total. The summed E-state index contributed by atoms with van der Waals surface area (Å²) >= 11 is 0. The Morgan fingerprint density at radius 3 is 2.15 bits per heavy atom. The molecular formula is C25H25N3O5S. The number of para-hydroxylation sites is 1. The van der Waals surface area contributed by atoms with E-state index in [-0.39, 0.29) is 11.5 Å². The zero-order valence-corrected chi connectivity index (χ0v) is 19.2. The predicted octanol–water partition coefficient (Wildman–Crippen LogP) is 3.71. The van der Waals surface area contributed by atoms with Gasteiger partial charge < -0.3 is 4.74 Å². The van der Waals surface area contributed by atoms with Gasteiger partial charge in [-0.3, -0.25) is 9.69 Å². The maximum Gasteiger partial charge on any atom is 0.410 e. The van der Waals surface area contributed by atoms with Crippen molar-refractivity contribution in [3.05, 3.63) is 96.6 Å². The molecule has 1 heterocycles. The van der Waals surface area contributed by atoms with Crippen molar-refractivity contribution >= 4 is 27.7 Å². The van der Waals surface area contributed by atoms with Gasteiger partial charge in [0.2, 0.25) is 0 Å². The minimum atomic E-state index is -4.05. The third kappa shape index (κ3) is 5.44. The SMILES string of the molecule is O=C(C1CCCN1C(=O)OCc1ccccc1)N(NS(=O)(=O)c1ccccc1)c1ccccc1. The molecule has 1 aliphatic rings. The molecule has 2 amide bonds. The number of anilines is 1. The number of carbonyl (C=O) groups is 2. The third-order valence-electron chi connectivity index (χ3n) is 5.48. The van der Waals surface area contributed by atoms with E-state index in [4.69, 9.17) is 4.74 Å². The number of hydrogen-bond acceptors (Lipinski definition) is 5. The summed E-state index contributed by atoms with van der Waals surface area (Å²) in [6.45, 7) is 0.429. The Kier molecular flexibility index (Phi) is 7.24. The summed E-state index contributed by atoms with van der Waals surface area (Å²) in [6, 6.07) is 24.6. The van der Waals surface area contributed by atoms with Crippen LogP contribution >= 0.6 is 0 Å². The fraction of sp³-hybridized carbons (Fsp3) is 0.200. The molecule has 0 spiro atoms. The molecular weight excluding hydrogens is 454 g/mol. The van der Waals surface area contributed by atoms with E-state index in [0.29, 0.717) is 25.1 Å². The fourth-order valence-electron chi connectivity index (χ4n) is 3.77. The lowest BCUT2D eigenvalue weighted by molar-refractivity contribution is -0.122. The molecule has 0 aromatic heterocycles. The number of hydrogen-bond donors (Lipinski definition) is 1. The van der Waals surface area contributed by atoms with Crippen molar-refractivity contribution < 1.29 is 22.7 Å². The van der Waals surface area contributed by atoms with Gasteiger partial charge in [-0.15, -0.1) is 4.83 Å². The van der Waals surface area contributed by atoms with E-state index in [2.05, 4.69) is 4.83 Å². The van der Waals surface area contributed by atoms with Gasteiger partial charge in [-0.05, 0) is 42.7 Å². The third-order valence-corrected chi connectivity index (χ3v) is 6.79. The molecule has 0 aliphatic carbocycles. The highest BCUT2D eigenvalue weighted by molar-refractivity contribution is 7.89. The first kappa shape index (κ1) is 23.5. The molecule has 1 unspecified atom stereocenters. The van der Waals surface area contributed by atoms with Crippen molar-refractivity contribution in [1.82, 2.24) is 9.73 Å². The van der Waals surface area contributed by atoms with Gasteiger partial charge in [-0.1, -0.05) is 66.7 Å². The molecule has 1 saturated heterocycles. The zero-order valence-electron chi connectivity index (χ0n) is 18.4. The van der Waals surface area contributed by atoms with Crippen LogP contribution in [0.5, 0.6) is 0 Å². The summed E-state index contributed by atoms with van der Waals surface area (Å²) in [5, 5.41) is 0.996. The number of nitrogens with zero attached hydrogens (tertiary/aromatic N) is 2. The van der Waals surface area contributed by atoms with E-state index in [0.717, 1.165) is 10.6 Å². The minimum absolute atomic E-state index is 0.0225. The Hall–Kier alpha value is -3.69. The van der Waals surface area contributed by atoms with E-state index in [1.165, 1.54) is 17.0 Å². The van der Waals surface area contributed by atoms with Crippen LogP contribution in [0.15, 0.2) is 95.9 Å². The highest BCUT2D eigenvalue weighted by atomic mass is 32.2. The van der Waals surface area contributed by atoms with Gasteiger partial charge in [-0.25, -0.2) is 18.2 Å². The molecule has 4 rings (SSSR count). The Morgan fingerprint density at radius 1 is 0.912 bits per heavy atom. The van der Waals surface area contributed by atoms with Gasteiger partial charge in [0, 0.05) is 6.54 Å². The highest BCUT2D eigenvalue weighted by Gasteiger charge is 2.39. The maximum atomic E-state index is 13.6. The average Bonchev–Trinajstić information content (AvgIpc) is 3.37. The summed E-state index contributed by atoms with van der Waals surface area (Å²) in [7, 11) is -4.05. The molecule has 1 aliphatic heterocycles. The number of amides is 2. The predicted molar refractivity (Wildman–Crippen MR) is 127 cm³/mol. The van der Waals surface area contributed by atoms with Gasteiger partial charge in [0.15, 0.2) is 0 Å². The van der Waals surface area contributed by atoms with Crippen LogP contribution in [0.2, 0.25) is 0 Å². The van der Waals surface area contributed by atoms with Crippen LogP contribution in [-0.4, -0.2) is 37.9 Å². The van der Waals surface area contributed by atoms with Gasteiger partial charge in [-0.2, -0.15) is 0 Å². The summed E-state index contributed by atoms with van der Waals surface area (Å²) in [5.74, 6) is -0.556. The summed E-state index contributed by atoms with van der Waals surface area (Å²) < 4.78 is 31.4. The minimum Gasteiger partial charge on any atom is -0.445 e. The number of hydrazine groups is 1. The maximum absolute atomic E-state index is 13.6. The molecule has 176 valence electrons. The van der Waals surface area contributed by atoms with E-state index in [9.17, 15) is 18.0 Å². The molecule has 0 bridgehead atoms. The zero-order chi connectivity index (χ0) is 24.0. The van der Waals surface area contributed by atoms with Crippen molar-refractivity contribution in [3.63, 3.8) is 0 Å². The van der Waals surface area contributed by atoms with E-state index in [1.807, 2.05) is 30.3 Å². The quantitative estimate of drug-likeness (QED) is 0.521. The lowest BCUT2D eigenvalue weighted by atomic mass is 10.2. The molecule has 8 nitrogen and oxygen atoms in total. The monoisotopic (exact) mass is 479 g/mol. The summed E-state index contributed by atoms with van der Waals surface area (Å²) in [6.07, 6.45) is 0.388. The molecule has 0 radical (unpaired) electrons. The number of carbonyl (C=O) groups excluding carboxylic acids is 2. The molecule has 34 heavy (non-hydrogen) atoms. The molecule has 9 heteroatoms. The Bertz CT molecular complexity index is 1220. The lowest BCUT2D eigenvalue weighted by Gasteiger charge is -2.30. The van der Waals surface area contributed by atoms with Gasteiger partial charge in [0.25, 0.3) is 15.9 Å². The second-order valence-corrected chi connectivity index (χ2v) is 9.47.